The second-order valence-electron chi connectivity index (χ2n) is 8.50. The van der Waals surface area contributed by atoms with Crippen LogP contribution in [0.15, 0.2) is 22.2 Å². The van der Waals surface area contributed by atoms with Gasteiger partial charge in [0.15, 0.2) is 5.69 Å². The van der Waals surface area contributed by atoms with Gasteiger partial charge in [-0.2, -0.15) is 0 Å². The minimum atomic E-state index is -3.32. The average molecular weight is 423 g/mol. The van der Waals surface area contributed by atoms with Crippen molar-refractivity contribution in [3.63, 3.8) is 0 Å². The number of nitrogens with two attached hydrogens (primary N) is 1. The summed E-state index contributed by atoms with van der Waals surface area (Å²) < 4.78 is 33.1. The van der Waals surface area contributed by atoms with E-state index >= 15 is 0 Å². The molecule has 0 spiro atoms. The minimum absolute atomic E-state index is 0.00262. The molecule has 2 unspecified atom stereocenters. The summed E-state index contributed by atoms with van der Waals surface area (Å²) in [5.41, 5.74) is 7.36. The SMILES string of the molecule is CCc1cc(C(=O)N[C@@H]2CCC3C=C(CC3S(=O)(=O)N3CCC(N)CC3)C2)no1. The van der Waals surface area contributed by atoms with E-state index in [1.807, 2.05) is 6.92 Å². The van der Waals surface area contributed by atoms with Crippen LogP contribution in [0.1, 0.15) is 61.7 Å². The van der Waals surface area contributed by atoms with E-state index in [1.165, 1.54) is 0 Å². The number of amides is 1. The summed E-state index contributed by atoms with van der Waals surface area (Å²) in [6.07, 6.45) is 7.05. The second kappa shape index (κ2) is 8.20. The highest BCUT2D eigenvalue weighted by molar-refractivity contribution is 7.89. The molecule has 1 aliphatic heterocycles. The number of hydrogen-bond donors (Lipinski definition) is 2. The lowest BCUT2D eigenvalue weighted by Crippen LogP contribution is -2.47. The first-order chi connectivity index (χ1) is 13.9. The van der Waals surface area contributed by atoms with Crippen molar-refractivity contribution in [2.24, 2.45) is 11.7 Å². The van der Waals surface area contributed by atoms with Gasteiger partial charge in [0.2, 0.25) is 10.0 Å². The summed E-state index contributed by atoms with van der Waals surface area (Å²) in [4.78, 5) is 12.5. The maximum Gasteiger partial charge on any atom is 0.273 e. The number of nitrogens with zero attached hydrogens (tertiary/aromatic N) is 2. The Morgan fingerprint density at radius 1 is 1.28 bits per heavy atom. The molecule has 0 saturated carbocycles. The second-order valence-corrected chi connectivity index (χ2v) is 10.6. The van der Waals surface area contributed by atoms with Crippen molar-refractivity contribution in [2.75, 3.05) is 13.1 Å². The molecule has 29 heavy (non-hydrogen) atoms. The lowest BCUT2D eigenvalue weighted by molar-refractivity contribution is 0.0924. The molecule has 1 aromatic rings. The van der Waals surface area contributed by atoms with E-state index in [9.17, 15) is 13.2 Å². The normalized spacial score (nSPS) is 28.8. The summed E-state index contributed by atoms with van der Waals surface area (Å²) >= 11 is 0. The van der Waals surface area contributed by atoms with Crippen molar-refractivity contribution in [1.29, 1.82) is 0 Å². The Labute approximate surface area is 171 Å². The predicted molar refractivity (Wildman–Crippen MR) is 109 cm³/mol. The van der Waals surface area contributed by atoms with E-state index < -0.39 is 10.0 Å². The van der Waals surface area contributed by atoms with Crippen molar-refractivity contribution in [3.05, 3.63) is 29.2 Å². The van der Waals surface area contributed by atoms with E-state index in [4.69, 9.17) is 10.3 Å². The smallest absolute Gasteiger partial charge is 0.273 e. The largest absolute Gasteiger partial charge is 0.361 e. The van der Waals surface area contributed by atoms with Gasteiger partial charge in [-0.1, -0.05) is 23.7 Å². The van der Waals surface area contributed by atoms with Crippen LogP contribution in [-0.4, -0.2) is 54.2 Å². The molecular weight excluding hydrogens is 392 g/mol. The fourth-order valence-corrected chi connectivity index (χ4v) is 6.92. The maximum absolute atomic E-state index is 13.2. The highest BCUT2D eigenvalue weighted by atomic mass is 32.2. The first kappa shape index (κ1) is 20.6. The molecule has 3 N–H and O–H groups in total. The third kappa shape index (κ3) is 4.27. The molecule has 2 bridgehead atoms. The van der Waals surface area contributed by atoms with Gasteiger partial charge in [0.1, 0.15) is 5.76 Å². The van der Waals surface area contributed by atoms with Gasteiger partial charge in [-0.15, -0.1) is 0 Å². The Balaban J connectivity index is 1.37. The number of fused-ring (bicyclic) bond motifs is 1. The van der Waals surface area contributed by atoms with Crippen LogP contribution in [0.3, 0.4) is 0 Å². The molecule has 4 rings (SSSR count). The summed E-state index contributed by atoms with van der Waals surface area (Å²) in [6.45, 7) is 3.00. The monoisotopic (exact) mass is 422 g/mol. The van der Waals surface area contributed by atoms with Crippen LogP contribution in [-0.2, 0) is 16.4 Å². The summed E-state index contributed by atoms with van der Waals surface area (Å²) in [7, 11) is -3.32. The average Bonchev–Trinajstić information content (AvgIpc) is 3.28. The molecule has 0 aromatic carbocycles. The number of aryl methyl sites for hydroxylation is 1. The molecule has 1 amide bonds. The zero-order chi connectivity index (χ0) is 20.6. The number of sulfonamides is 1. The molecule has 9 heteroatoms. The van der Waals surface area contributed by atoms with Gasteiger partial charge in [-0.25, -0.2) is 12.7 Å². The maximum atomic E-state index is 13.2. The van der Waals surface area contributed by atoms with Crippen molar-refractivity contribution >= 4 is 15.9 Å². The summed E-state index contributed by atoms with van der Waals surface area (Å²) in [6, 6.07) is 1.78. The predicted octanol–water partition coefficient (Wildman–Crippen LogP) is 1.59. The third-order valence-electron chi connectivity index (χ3n) is 6.46. The van der Waals surface area contributed by atoms with Crippen LogP contribution in [0, 0.1) is 5.92 Å². The van der Waals surface area contributed by atoms with E-state index in [1.54, 1.807) is 10.4 Å². The molecule has 160 valence electrons. The van der Waals surface area contributed by atoms with Crippen LogP contribution in [0.5, 0.6) is 0 Å². The van der Waals surface area contributed by atoms with Crippen LogP contribution in [0.2, 0.25) is 0 Å². The lowest BCUT2D eigenvalue weighted by atomic mass is 9.95. The molecule has 3 aliphatic rings. The number of allylic oxidation sites excluding steroid dienone is 1. The first-order valence-corrected chi connectivity index (χ1v) is 12.1. The van der Waals surface area contributed by atoms with Crippen molar-refractivity contribution in [2.45, 2.75) is 69.2 Å². The quantitative estimate of drug-likeness (QED) is 0.696. The van der Waals surface area contributed by atoms with E-state index in [0.717, 1.165) is 31.3 Å². The summed E-state index contributed by atoms with van der Waals surface area (Å²) in [5, 5.41) is 6.50. The Morgan fingerprint density at radius 2 is 2.03 bits per heavy atom. The molecule has 1 saturated heterocycles. The number of carbonyl (C=O) groups excluding carboxylic acids is 1. The molecule has 0 radical (unpaired) electrons. The van der Waals surface area contributed by atoms with Gasteiger partial charge in [0.05, 0.1) is 5.25 Å². The van der Waals surface area contributed by atoms with E-state index in [0.29, 0.717) is 43.8 Å². The lowest BCUT2D eigenvalue weighted by Gasteiger charge is -2.34. The molecule has 1 fully saturated rings. The van der Waals surface area contributed by atoms with E-state index in [2.05, 4.69) is 16.5 Å². The number of hydrogen-bond acceptors (Lipinski definition) is 6. The Morgan fingerprint density at radius 3 is 2.72 bits per heavy atom. The number of nitrogens with one attached hydrogen (secondary N) is 1. The van der Waals surface area contributed by atoms with E-state index in [-0.39, 0.29) is 29.2 Å². The van der Waals surface area contributed by atoms with Crippen molar-refractivity contribution in [3.8, 4) is 0 Å². The van der Waals surface area contributed by atoms with Gasteiger partial charge < -0.3 is 15.6 Å². The standard InChI is InChI=1S/C20H30N4O4S/c1-2-17-12-18(23-28-17)20(25)22-16-4-3-14-9-13(10-16)11-19(14)29(26,27)24-7-5-15(21)6-8-24/h9,12,14-16,19H,2-8,10-11,21H2,1H3,(H,22,25)/t14?,16-,19?/m1/s1. The molecular formula is C20H30N4O4S. The van der Waals surface area contributed by atoms with Crippen molar-refractivity contribution in [1.82, 2.24) is 14.8 Å². The van der Waals surface area contributed by atoms with Crippen molar-refractivity contribution < 1.29 is 17.7 Å². The number of aromatic nitrogens is 1. The fourth-order valence-electron chi connectivity index (χ4n) is 4.74. The van der Waals surface area contributed by atoms with Crippen LogP contribution < -0.4 is 11.1 Å². The van der Waals surface area contributed by atoms with Crippen LogP contribution in [0.25, 0.3) is 0 Å². The Bertz CT molecular complexity index is 886. The highest BCUT2D eigenvalue weighted by Gasteiger charge is 2.43. The highest BCUT2D eigenvalue weighted by Crippen LogP contribution is 2.40. The molecule has 3 atom stereocenters. The van der Waals surface area contributed by atoms with Gasteiger partial charge in [0, 0.05) is 37.7 Å². The van der Waals surface area contributed by atoms with Gasteiger partial charge >= 0.3 is 0 Å². The molecule has 1 aromatic heterocycles. The zero-order valence-electron chi connectivity index (χ0n) is 16.8. The fraction of sp³-hybridized carbons (Fsp3) is 0.700. The zero-order valence-corrected chi connectivity index (χ0v) is 17.7. The molecule has 2 heterocycles. The van der Waals surface area contributed by atoms with Crippen LogP contribution in [0.4, 0.5) is 0 Å². The minimum Gasteiger partial charge on any atom is -0.361 e. The number of rotatable bonds is 5. The number of carbonyl (C=O) groups is 1. The number of piperidine rings is 1. The summed E-state index contributed by atoms with van der Waals surface area (Å²) in [5.74, 6) is 0.474. The topological polar surface area (TPSA) is 119 Å². The van der Waals surface area contributed by atoms with Gasteiger partial charge in [0.25, 0.3) is 5.91 Å². The van der Waals surface area contributed by atoms with Gasteiger partial charge in [-0.3, -0.25) is 4.79 Å². The van der Waals surface area contributed by atoms with Crippen LogP contribution >= 0.6 is 0 Å². The molecule has 8 nitrogen and oxygen atoms in total. The van der Waals surface area contributed by atoms with Gasteiger partial charge in [-0.05, 0) is 44.4 Å². The third-order valence-corrected chi connectivity index (χ3v) is 8.83. The first-order valence-electron chi connectivity index (χ1n) is 10.6. The molecule has 2 aliphatic carbocycles. The Kier molecular flexibility index (Phi) is 5.81. The Hall–Kier alpha value is -1.71.